The molecule has 3 heterocycles. The molecule has 1 aliphatic heterocycles. The van der Waals surface area contributed by atoms with Crippen LogP contribution < -0.4 is 10.2 Å². The van der Waals surface area contributed by atoms with Crippen LogP contribution in [0.4, 0.5) is 29.3 Å². The topological polar surface area (TPSA) is 96.2 Å². The highest BCUT2D eigenvalue weighted by molar-refractivity contribution is 5.91. The molecular formula is C32H34F4N6O2. The summed E-state index contributed by atoms with van der Waals surface area (Å²) in [5.41, 5.74) is 1.55. The zero-order valence-corrected chi connectivity index (χ0v) is 24.3. The molecule has 4 aromatic rings. The van der Waals surface area contributed by atoms with Crippen molar-refractivity contribution < 1.29 is 27.5 Å². The van der Waals surface area contributed by atoms with E-state index in [0.717, 1.165) is 56.2 Å². The number of aromatic nitrogens is 4. The van der Waals surface area contributed by atoms with Gasteiger partial charge in [0.2, 0.25) is 11.8 Å². The van der Waals surface area contributed by atoms with E-state index < -0.39 is 17.7 Å². The highest BCUT2D eigenvalue weighted by Crippen LogP contribution is 2.36. The molecule has 44 heavy (non-hydrogen) atoms. The summed E-state index contributed by atoms with van der Waals surface area (Å²) in [5.74, 6) is -0.671. The van der Waals surface area contributed by atoms with Gasteiger partial charge in [-0.25, -0.2) is 19.2 Å². The lowest BCUT2D eigenvalue weighted by Gasteiger charge is -2.37. The maximum Gasteiger partial charge on any atom is 0.416 e. The number of anilines is 2. The monoisotopic (exact) mass is 610 g/mol. The van der Waals surface area contributed by atoms with Gasteiger partial charge in [0.1, 0.15) is 11.3 Å². The molecular weight excluding hydrogens is 576 g/mol. The van der Waals surface area contributed by atoms with Crippen molar-refractivity contribution in [1.29, 1.82) is 0 Å². The Morgan fingerprint density at radius 2 is 1.68 bits per heavy atom. The Bertz CT molecular complexity index is 1630. The minimum Gasteiger partial charge on any atom is -0.475 e. The van der Waals surface area contributed by atoms with Gasteiger partial charge < -0.3 is 19.9 Å². The molecule has 0 amide bonds. The first-order valence-corrected chi connectivity index (χ1v) is 15.0. The average molecular weight is 611 g/mol. The number of rotatable bonds is 9. The van der Waals surface area contributed by atoms with Crippen molar-refractivity contribution >= 4 is 28.9 Å². The van der Waals surface area contributed by atoms with Gasteiger partial charge in [0, 0.05) is 18.6 Å². The van der Waals surface area contributed by atoms with E-state index in [2.05, 4.69) is 20.2 Å². The van der Waals surface area contributed by atoms with Gasteiger partial charge in [0.15, 0.2) is 11.5 Å². The molecule has 2 N–H and O–H groups in total. The number of alkyl halides is 3. The van der Waals surface area contributed by atoms with Crippen molar-refractivity contribution in [3.63, 3.8) is 0 Å². The first-order chi connectivity index (χ1) is 21.1. The first kappa shape index (κ1) is 29.8. The van der Waals surface area contributed by atoms with E-state index in [1.807, 2.05) is 11.5 Å². The normalized spacial score (nSPS) is 18.3. The lowest BCUT2D eigenvalue weighted by Crippen LogP contribution is -2.42. The molecule has 0 spiro atoms. The van der Waals surface area contributed by atoms with Crippen LogP contribution in [-0.4, -0.2) is 49.2 Å². The van der Waals surface area contributed by atoms with Gasteiger partial charge in [-0.15, -0.1) is 0 Å². The quantitative estimate of drug-likeness (QED) is 0.198. The summed E-state index contributed by atoms with van der Waals surface area (Å²) < 4.78 is 55.5. The molecule has 1 unspecified atom stereocenters. The molecule has 6 rings (SSSR count). The number of carbonyl (C=O) groups is 1. The van der Waals surface area contributed by atoms with Crippen molar-refractivity contribution in [3.8, 4) is 0 Å². The molecule has 2 fully saturated rings. The van der Waals surface area contributed by atoms with Crippen LogP contribution >= 0.6 is 0 Å². The van der Waals surface area contributed by atoms with Crippen LogP contribution in [-0.2, 0) is 19.1 Å². The van der Waals surface area contributed by atoms with Gasteiger partial charge in [-0.3, -0.25) is 0 Å². The molecule has 0 bridgehead atoms. The average Bonchev–Trinajstić information content (AvgIpc) is 3.31. The van der Waals surface area contributed by atoms with E-state index in [-0.39, 0.29) is 35.9 Å². The van der Waals surface area contributed by atoms with E-state index in [4.69, 9.17) is 4.98 Å². The number of carboxylic acids is 1. The maximum atomic E-state index is 13.6. The number of aromatic carboxylic acids is 1. The molecule has 1 aliphatic carbocycles. The van der Waals surface area contributed by atoms with Gasteiger partial charge in [-0.2, -0.15) is 18.2 Å². The lowest BCUT2D eigenvalue weighted by atomic mass is 9.80. The van der Waals surface area contributed by atoms with Crippen molar-refractivity contribution in [2.24, 2.45) is 5.92 Å². The van der Waals surface area contributed by atoms with Gasteiger partial charge in [0.05, 0.1) is 12.1 Å². The Balaban J connectivity index is 1.47. The molecule has 1 saturated heterocycles. The van der Waals surface area contributed by atoms with E-state index in [9.17, 15) is 27.5 Å². The second-order valence-electron chi connectivity index (χ2n) is 11.9. The predicted molar refractivity (Wildman–Crippen MR) is 158 cm³/mol. The fourth-order valence-electron chi connectivity index (χ4n) is 6.21. The summed E-state index contributed by atoms with van der Waals surface area (Å²) in [6.45, 7) is 2.88. The van der Waals surface area contributed by atoms with Crippen LogP contribution in [0, 0.1) is 11.7 Å². The number of carboxylic acid groups (broad SMARTS) is 1. The number of hydrogen-bond acceptors (Lipinski definition) is 6. The van der Waals surface area contributed by atoms with E-state index >= 15 is 0 Å². The van der Waals surface area contributed by atoms with E-state index in [1.54, 1.807) is 12.1 Å². The molecule has 2 aliphatic rings. The summed E-state index contributed by atoms with van der Waals surface area (Å²) in [6, 6.07) is 11.4. The second kappa shape index (κ2) is 12.0. The molecule has 0 radical (unpaired) electrons. The zero-order chi connectivity index (χ0) is 31.0. The number of halogens is 4. The Kier molecular flexibility index (Phi) is 8.17. The van der Waals surface area contributed by atoms with E-state index in [0.29, 0.717) is 41.7 Å². The van der Waals surface area contributed by atoms with Crippen LogP contribution in [0.15, 0.2) is 48.5 Å². The lowest BCUT2D eigenvalue weighted by molar-refractivity contribution is -0.137. The fraction of sp³-hybridized carbons (Fsp3) is 0.438. The van der Waals surface area contributed by atoms with E-state index in [1.165, 1.54) is 24.3 Å². The minimum absolute atomic E-state index is 0.00888. The number of hydrogen-bond donors (Lipinski definition) is 2. The van der Waals surface area contributed by atoms with Crippen molar-refractivity contribution in [1.82, 2.24) is 19.5 Å². The van der Waals surface area contributed by atoms with Crippen LogP contribution in [0.3, 0.4) is 0 Å². The molecule has 2 aromatic heterocycles. The van der Waals surface area contributed by atoms with Crippen LogP contribution in [0.1, 0.15) is 72.8 Å². The summed E-state index contributed by atoms with van der Waals surface area (Å²) in [6.07, 6.45) is 2.19. The third-order valence-electron chi connectivity index (χ3n) is 8.89. The summed E-state index contributed by atoms with van der Waals surface area (Å²) in [4.78, 5) is 27.8. The molecule has 232 valence electrons. The standard InChI is InChI=1S/C32H34F4N6O2/c1-19(22-5-4-6-22)37-27-26-28(39-29(38-27)30(43)44)40-31(42(26)18-21-8-12-23(13-9-21)32(34,35)36)41-16-3-2-7-25(41)17-20-10-14-24(33)15-11-20/h8-15,19,22,25H,2-7,16-18H2,1H3,(H,43,44)(H,37,38,39)/t19-,25?/m1/s1. The van der Waals surface area contributed by atoms with Gasteiger partial charge >= 0.3 is 12.1 Å². The highest BCUT2D eigenvalue weighted by atomic mass is 19.4. The SMILES string of the molecule is C[C@@H](Nc1nc(C(=O)O)nc2nc(N3CCCCC3Cc3ccc(F)cc3)n(Cc3ccc(C(F)(F)F)cc3)c12)C1CCC1. The Morgan fingerprint density at radius 1 is 0.977 bits per heavy atom. The summed E-state index contributed by atoms with van der Waals surface area (Å²) >= 11 is 0. The van der Waals surface area contributed by atoms with Gasteiger partial charge in [-0.05, 0) is 86.8 Å². The van der Waals surface area contributed by atoms with Crippen LogP contribution in [0.25, 0.3) is 11.2 Å². The van der Waals surface area contributed by atoms with Gasteiger partial charge in [0.25, 0.3) is 0 Å². The number of nitrogens with one attached hydrogen (secondary N) is 1. The molecule has 8 nitrogen and oxygen atoms in total. The second-order valence-corrected chi connectivity index (χ2v) is 11.9. The first-order valence-electron chi connectivity index (χ1n) is 15.0. The summed E-state index contributed by atoms with van der Waals surface area (Å²) in [7, 11) is 0. The third-order valence-corrected chi connectivity index (χ3v) is 8.89. The molecule has 1 saturated carbocycles. The fourth-order valence-corrected chi connectivity index (χ4v) is 6.21. The number of benzene rings is 2. The maximum absolute atomic E-state index is 13.6. The smallest absolute Gasteiger partial charge is 0.416 e. The molecule has 12 heteroatoms. The molecule has 2 aromatic carbocycles. The van der Waals surface area contributed by atoms with Crippen molar-refractivity contribution in [2.75, 3.05) is 16.8 Å². The summed E-state index contributed by atoms with van der Waals surface area (Å²) in [5, 5.41) is 13.3. The third kappa shape index (κ3) is 6.20. The Hall–Kier alpha value is -4.22. The Labute approximate surface area is 252 Å². The van der Waals surface area contributed by atoms with Crippen LogP contribution in [0.5, 0.6) is 0 Å². The van der Waals surface area contributed by atoms with Gasteiger partial charge in [-0.1, -0.05) is 30.7 Å². The number of imidazole rings is 1. The van der Waals surface area contributed by atoms with Crippen molar-refractivity contribution in [3.05, 3.63) is 76.9 Å². The Morgan fingerprint density at radius 3 is 2.32 bits per heavy atom. The number of fused-ring (bicyclic) bond motifs is 1. The zero-order valence-electron chi connectivity index (χ0n) is 24.3. The number of piperidine rings is 1. The van der Waals surface area contributed by atoms with Crippen LogP contribution in [0.2, 0.25) is 0 Å². The largest absolute Gasteiger partial charge is 0.475 e. The molecule has 2 atom stereocenters. The highest BCUT2D eigenvalue weighted by Gasteiger charge is 2.32. The van der Waals surface area contributed by atoms with Crippen molar-refractivity contribution in [2.45, 2.75) is 76.7 Å². The minimum atomic E-state index is -4.46. The number of nitrogens with zero attached hydrogens (tertiary/aromatic N) is 5. The predicted octanol–water partition coefficient (Wildman–Crippen LogP) is 6.93.